The van der Waals surface area contributed by atoms with Crippen molar-refractivity contribution in [3.05, 3.63) is 52.0 Å². The molecule has 2 aromatic rings. The van der Waals surface area contributed by atoms with Gasteiger partial charge in [-0.3, -0.25) is 4.79 Å². The Morgan fingerprint density at radius 3 is 2.50 bits per heavy atom. The van der Waals surface area contributed by atoms with Crippen LogP contribution in [0.1, 0.15) is 15.9 Å². The Kier molecular flexibility index (Phi) is 6.20. The Morgan fingerprint density at radius 1 is 1.08 bits per heavy atom. The van der Waals surface area contributed by atoms with E-state index in [0.29, 0.717) is 28.4 Å². The minimum absolute atomic E-state index is 0.377. The van der Waals surface area contributed by atoms with Crippen molar-refractivity contribution in [3.63, 3.8) is 0 Å². The summed E-state index contributed by atoms with van der Waals surface area (Å²) in [6, 6.07) is 10.5. The minimum Gasteiger partial charge on any atom is -0.496 e. The number of rotatable bonds is 6. The minimum atomic E-state index is -0.383. The maximum Gasteiger partial charge on any atom is 0.275 e. The van der Waals surface area contributed by atoms with E-state index in [9.17, 15) is 4.79 Å². The Morgan fingerprint density at radius 2 is 1.83 bits per heavy atom. The molecule has 0 aliphatic rings. The fourth-order valence-electron chi connectivity index (χ4n) is 2.09. The number of halogens is 1. The van der Waals surface area contributed by atoms with Crippen molar-refractivity contribution < 1.29 is 19.0 Å². The molecule has 1 amide bonds. The molecule has 0 saturated carbocycles. The van der Waals surface area contributed by atoms with Gasteiger partial charge in [0.2, 0.25) is 0 Å². The number of nitrogens with zero attached hydrogens (tertiary/aromatic N) is 1. The topological polar surface area (TPSA) is 69.2 Å². The highest BCUT2D eigenvalue weighted by Gasteiger charge is 2.12. The number of hydrogen-bond donors (Lipinski definition) is 1. The quantitative estimate of drug-likeness (QED) is 0.605. The molecule has 0 saturated heterocycles. The standard InChI is InChI=1S/C17H17BrN2O4/c1-22-14-8-7-12(18)9-13(14)17(21)20-19-10-11-5-4-6-15(23-2)16(11)24-3/h4-10H,1-3H3,(H,20,21)/b19-10+. The van der Waals surface area contributed by atoms with Gasteiger partial charge in [-0.15, -0.1) is 0 Å². The number of amides is 1. The van der Waals surface area contributed by atoms with Crippen molar-refractivity contribution in [2.75, 3.05) is 21.3 Å². The molecule has 0 aliphatic heterocycles. The molecular formula is C17H17BrN2O4. The average molecular weight is 393 g/mol. The lowest BCUT2D eigenvalue weighted by Crippen LogP contribution is -2.18. The predicted octanol–water partition coefficient (Wildman–Crippen LogP) is 3.24. The first-order valence-corrected chi connectivity index (χ1v) is 7.78. The van der Waals surface area contributed by atoms with Gasteiger partial charge in [0.1, 0.15) is 5.75 Å². The zero-order valence-electron chi connectivity index (χ0n) is 13.5. The van der Waals surface area contributed by atoms with Crippen LogP contribution in [0.25, 0.3) is 0 Å². The molecule has 0 radical (unpaired) electrons. The van der Waals surface area contributed by atoms with E-state index in [4.69, 9.17) is 14.2 Å². The second-order valence-electron chi connectivity index (χ2n) is 4.63. The maximum atomic E-state index is 12.3. The van der Waals surface area contributed by atoms with E-state index in [2.05, 4.69) is 26.5 Å². The number of nitrogens with one attached hydrogen (secondary N) is 1. The first-order chi connectivity index (χ1) is 11.6. The van der Waals surface area contributed by atoms with Crippen LogP contribution in [-0.2, 0) is 0 Å². The highest BCUT2D eigenvalue weighted by atomic mass is 79.9. The van der Waals surface area contributed by atoms with E-state index < -0.39 is 0 Å². The van der Waals surface area contributed by atoms with Crippen molar-refractivity contribution in [3.8, 4) is 17.2 Å². The van der Waals surface area contributed by atoms with Gasteiger partial charge in [0.05, 0.1) is 33.1 Å². The fraction of sp³-hybridized carbons (Fsp3) is 0.176. The zero-order chi connectivity index (χ0) is 17.5. The average Bonchev–Trinajstić information content (AvgIpc) is 2.61. The third kappa shape index (κ3) is 4.05. The Bertz CT molecular complexity index is 762. The van der Waals surface area contributed by atoms with E-state index in [0.717, 1.165) is 4.47 Å². The van der Waals surface area contributed by atoms with Crippen molar-refractivity contribution in [1.82, 2.24) is 5.43 Å². The van der Waals surface area contributed by atoms with Crippen LogP contribution in [0.3, 0.4) is 0 Å². The summed E-state index contributed by atoms with van der Waals surface area (Å²) in [6.45, 7) is 0. The monoisotopic (exact) mass is 392 g/mol. The van der Waals surface area contributed by atoms with E-state index in [-0.39, 0.29) is 5.91 Å². The summed E-state index contributed by atoms with van der Waals surface area (Å²) in [5.74, 6) is 1.20. The lowest BCUT2D eigenvalue weighted by atomic mass is 10.2. The molecule has 0 spiro atoms. The summed E-state index contributed by atoms with van der Waals surface area (Å²) in [6.07, 6.45) is 1.49. The summed E-state index contributed by atoms with van der Waals surface area (Å²) in [7, 11) is 4.60. The number of carbonyl (C=O) groups is 1. The van der Waals surface area contributed by atoms with Crippen molar-refractivity contribution in [2.45, 2.75) is 0 Å². The van der Waals surface area contributed by atoms with Gasteiger partial charge in [-0.1, -0.05) is 22.0 Å². The first-order valence-electron chi connectivity index (χ1n) is 6.98. The van der Waals surface area contributed by atoms with Gasteiger partial charge in [-0.25, -0.2) is 5.43 Å². The molecule has 24 heavy (non-hydrogen) atoms. The van der Waals surface area contributed by atoms with Crippen LogP contribution in [0.2, 0.25) is 0 Å². The number of hydrazone groups is 1. The summed E-state index contributed by atoms with van der Waals surface area (Å²) in [5.41, 5.74) is 3.53. The summed E-state index contributed by atoms with van der Waals surface area (Å²) < 4.78 is 16.5. The lowest BCUT2D eigenvalue weighted by Gasteiger charge is -2.10. The number of methoxy groups -OCH3 is 3. The van der Waals surface area contributed by atoms with Gasteiger partial charge in [0.25, 0.3) is 5.91 Å². The van der Waals surface area contributed by atoms with E-state index in [1.54, 1.807) is 44.6 Å². The van der Waals surface area contributed by atoms with Crippen LogP contribution < -0.4 is 19.6 Å². The maximum absolute atomic E-state index is 12.3. The van der Waals surface area contributed by atoms with Crippen molar-refractivity contribution in [2.24, 2.45) is 5.10 Å². The van der Waals surface area contributed by atoms with Crippen LogP contribution in [-0.4, -0.2) is 33.5 Å². The second-order valence-corrected chi connectivity index (χ2v) is 5.54. The van der Waals surface area contributed by atoms with Crippen LogP contribution in [0, 0.1) is 0 Å². The molecule has 126 valence electrons. The Hall–Kier alpha value is -2.54. The Balaban J connectivity index is 2.18. The predicted molar refractivity (Wildman–Crippen MR) is 95.3 cm³/mol. The number of para-hydroxylation sites is 1. The molecule has 0 aromatic heterocycles. The molecule has 1 N–H and O–H groups in total. The molecule has 0 unspecified atom stereocenters. The fourth-order valence-corrected chi connectivity index (χ4v) is 2.45. The van der Waals surface area contributed by atoms with E-state index in [1.165, 1.54) is 13.3 Å². The van der Waals surface area contributed by atoms with Gasteiger partial charge in [0, 0.05) is 10.0 Å². The number of benzene rings is 2. The number of ether oxygens (including phenoxy) is 3. The molecule has 2 rings (SSSR count). The molecule has 0 atom stereocenters. The zero-order valence-corrected chi connectivity index (χ0v) is 15.1. The highest BCUT2D eigenvalue weighted by Crippen LogP contribution is 2.29. The van der Waals surface area contributed by atoms with E-state index in [1.807, 2.05) is 6.07 Å². The summed E-state index contributed by atoms with van der Waals surface area (Å²) in [5, 5.41) is 3.98. The van der Waals surface area contributed by atoms with Crippen LogP contribution in [0.4, 0.5) is 0 Å². The smallest absolute Gasteiger partial charge is 0.275 e. The van der Waals surface area contributed by atoms with E-state index >= 15 is 0 Å². The first kappa shape index (κ1) is 17.8. The van der Waals surface area contributed by atoms with Gasteiger partial charge >= 0.3 is 0 Å². The lowest BCUT2D eigenvalue weighted by molar-refractivity contribution is 0.0952. The molecule has 0 aliphatic carbocycles. The summed E-state index contributed by atoms with van der Waals surface area (Å²) in [4.78, 5) is 12.3. The number of hydrogen-bond acceptors (Lipinski definition) is 5. The third-order valence-corrected chi connectivity index (χ3v) is 3.70. The molecule has 2 aromatic carbocycles. The van der Waals surface area contributed by atoms with Crippen LogP contribution in [0.5, 0.6) is 17.2 Å². The van der Waals surface area contributed by atoms with Gasteiger partial charge in [0.15, 0.2) is 11.5 Å². The largest absolute Gasteiger partial charge is 0.496 e. The molecule has 0 bridgehead atoms. The van der Waals surface area contributed by atoms with Gasteiger partial charge in [-0.2, -0.15) is 5.10 Å². The third-order valence-electron chi connectivity index (χ3n) is 3.21. The molecule has 0 fully saturated rings. The van der Waals surface area contributed by atoms with Crippen LogP contribution >= 0.6 is 15.9 Å². The summed E-state index contributed by atoms with van der Waals surface area (Å²) >= 11 is 3.33. The number of carbonyl (C=O) groups excluding carboxylic acids is 1. The second kappa shape index (κ2) is 8.35. The SMILES string of the molecule is COc1ccc(Br)cc1C(=O)N/N=C/c1cccc(OC)c1OC. The van der Waals surface area contributed by atoms with Gasteiger partial charge in [-0.05, 0) is 30.3 Å². The van der Waals surface area contributed by atoms with Gasteiger partial charge < -0.3 is 14.2 Å². The molecular weight excluding hydrogens is 376 g/mol. The Labute approximate surface area is 148 Å². The van der Waals surface area contributed by atoms with Crippen molar-refractivity contribution in [1.29, 1.82) is 0 Å². The molecule has 7 heteroatoms. The molecule has 0 heterocycles. The van der Waals surface area contributed by atoms with Crippen LogP contribution in [0.15, 0.2) is 46.0 Å². The van der Waals surface area contributed by atoms with Crippen molar-refractivity contribution >= 4 is 28.1 Å². The highest BCUT2D eigenvalue weighted by molar-refractivity contribution is 9.10. The normalized spacial score (nSPS) is 10.5. The molecule has 6 nitrogen and oxygen atoms in total.